The van der Waals surface area contributed by atoms with E-state index in [1.807, 2.05) is 0 Å². The molecule has 0 spiro atoms. The van der Waals surface area contributed by atoms with Gasteiger partial charge >= 0.3 is 6.09 Å². The van der Waals surface area contributed by atoms with Gasteiger partial charge in [-0.2, -0.15) is 0 Å². The molecular weight excluding hydrogens is 154 g/mol. The van der Waals surface area contributed by atoms with E-state index in [0.29, 0.717) is 0 Å². The molecule has 0 heterocycles. The second-order valence-corrected chi connectivity index (χ2v) is 3.62. The van der Waals surface area contributed by atoms with Crippen molar-refractivity contribution in [2.24, 2.45) is 0 Å². The highest BCUT2D eigenvalue weighted by molar-refractivity contribution is 5.65. The summed E-state index contributed by atoms with van der Waals surface area (Å²) in [5.41, 5.74) is -0.107. The van der Waals surface area contributed by atoms with Gasteiger partial charge < -0.3 is 10.4 Å². The number of carbonyl (C=O) groups is 1. The summed E-state index contributed by atoms with van der Waals surface area (Å²) in [5.74, 6) is 0. The van der Waals surface area contributed by atoms with Crippen LogP contribution in [0.1, 0.15) is 45.4 Å². The van der Waals surface area contributed by atoms with Crippen molar-refractivity contribution in [2.75, 3.05) is 0 Å². The lowest BCUT2D eigenvalue weighted by Crippen LogP contribution is -2.48. The highest BCUT2D eigenvalue weighted by Gasteiger charge is 2.31. The summed E-state index contributed by atoms with van der Waals surface area (Å²) in [7, 11) is 0. The lowest BCUT2D eigenvalue weighted by molar-refractivity contribution is 0.160. The molecule has 1 aliphatic rings. The summed E-state index contributed by atoms with van der Waals surface area (Å²) in [6.07, 6.45) is 5.63. The van der Waals surface area contributed by atoms with Gasteiger partial charge in [0.2, 0.25) is 0 Å². The van der Waals surface area contributed by atoms with Gasteiger partial charge in [-0.25, -0.2) is 4.79 Å². The summed E-state index contributed by atoms with van der Waals surface area (Å²) in [6.45, 7) is 2.06. The molecule has 0 bridgehead atoms. The van der Waals surface area contributed by atoms with Crippen LogP contribution in [-0.2, 0) is 0 Å². The molecule has 0 radical (unpaired) electrons. The number of hydrogen-bond donors (Lipinski definition) is 2. The minimum absolute atomic E-state index is 0.107. The van der Waals surface area contributed by atoms with Crippen LogP contribution in [0.3, 0.4) is 0 Å². The van der Waals surface area contributed by atoms with E-state index in [1.165, 1.54) is 6.42 Å². The van der Waals surface area contributed by atoms with Crippen molar-refractivity contribution in [3.63, 3.8) is 0 Å². The molecule has 1 aliphatic carbocycles. The average molecular weight is 171 g/mol. The van der Waals surface area contributed by atoms with Gasteiger partial charge in [-0.05, 0) is 19.3 Å². The zero-order chi connectivity index (χ0) is 9.03. The second kappa shape index (κ2) is 3.78. The molecule has 0 aromatic rings. The Hall–Kier alpha value is -0.730. The molecule has 12 heavy (non-hydrogen) atoms. The molecule has 1 rings (SSSR count). The first kappa shape index (κ1) is 9.36. The Morgan fingerprint density at radius 2 is 2.00 bits per heavy atom. The topological polar surface area (TPSA) is 49.3 Å². The molecule has 0 aromatic carbocycles. The van der Waals surface area contributed by atoms with Crippen LogP contribution in [0.5, 0.6) is 0 Å². The van der Waals surface area contributed by atoms with E-state index < -0.39 is 6.09 Å². The molecule has 3 heteroatoms. The number of hydrogen-bond acceptors (Lipinski definition) is 1. The van der Waals surface area contributed by atoms with E-state index in [0.717, 1.165) is 32.1 Å². The standard InChI is InChI=1S/C9H17NO2/c1-2-9(10-8(11)12)6-4-3-5-7-9/h10H,2-7H2,1H3,(H,11,12). The van der Waals surface area contributed by atoms with Crippen LogP contribution < -0.4 is 5.32 Å². The van der Waals surface area contributed by atoms with Crippen LogP contribution in [0, 0.1) is 0 Å². The third kappa shape index (κ3) is 2.13. The summed E-state index contributed by atoms with van der Waals surface area (Å²) >= 11 is 0. The van der Waals surface area contributed by atoms with E-state index in [9.17, 15) is 4.79 Å². The highest BCUT2D eigenvalue weighted by atomic mass is 16.4. The first-order valence-electron chi connectivity index (χ1n) is 4.70. The fourth-order valence-electron chi connectivity index (χ4n) is 2.02. The van der Waals surface area contributed by atoms with E-state index in [2.05, 4.69) is 12.2 Å². The lowest BCUT2D eigenvalue weighted by Gasteiger charge is -2.36. The van der Waals surface area contributed by atoms with Crippen molar-refractivity contribution < 1.29 is 9.90 Å². The maximum absolute atomic E-state index is 10.5. The summed E-state index contributed by atoms with van der Waals surface area (Å²) < 4.78 is 0. The van der Waals surface area contributed by atoms with E-state index in [1.54, 1.807) is 0 Å². The van der Waals surface area contributed by atoms with Crippen LogP contribution in [-0.4, -0.2) is 16.7 Å². The van der Waals surface area contributed by atoms with Gasteiger partial charge in [0.05, 0.1) is 0 Å². The van der Waals surface area contributed by atoms with Gasteiger partial charge in [0.1, 0.15) is 0 Å². The molecule has 1 amide bonds. The van der Waals surface area contributed by atoms with Crippen LogP contribution in [0.4, 0.5) is 4.79 Å². The third-order valence-electron chi connectivity index (χ3n) is 2.86. The molecule has 2 N–H and O–H groups in total. The smallest absolute Gasteiger partial charge is 0.405 e. The van der Waals surface area contributed by atoms with Crippen molar-refractivity contribution in [3.8, 4) is 0 Å². The van der Waals surface area contributed by atoms with E-state index in [4.69, 9.17) is 5.11 Å². The maximum Gasteiger partial charge on any atom is 0.405 e. The Kier molecular flexibility index (Phi) is 2.95. The van der Waals surface area contributed by atoms with Crippen molar-refractivity contribution in [1.82, 2.24) is 5.32 Å². The second-order valence-electron chi connectivity index (χ2n) is 3.62. The summed E-state index contributed by atoms with van der Waals surface area (Å²) in [4.78, 5) is 10.5. The Bertz CT molecular complexity index is 162. The van der Waals surface area contributed by atoms with Crippen molar-refractivity contribution in [2.45, 2.75) is 51.0 Å². The normalized spacial score (nSPS) is 21.8. The van der Waals surface area contributed by atoms with Gasteiger partial charge in [0.15, 0.2) is 0 Å². The molecule has 0 aliphatic heterocycles. The molecule has 70 valence electrons. The van der Waals surface area contributed by atoms with Gasteiger partial charge in [-0.3, -0.25) is 0 Å². The Morgan fingerprint density at radius 1 is 1.42 bits per heavy atom. The molecule has 0 aromatic heterocycles. The minimum Gasteiger partial charge on any atom is -0.465 e. The van der Waals surface area contributed by atoms with Crippen molar-refractivity contribution in [1.29, 1.82) is 0 Å². The Labute approximate surface area is 73.2 Å². The summed E-state index contributed by atoms with van der Waals surface area (Å²) in [6, 6.07) is 0. The lowest BCUT2D eigenvalue weighted by atomic mass is 9.80. The molecule has 3 nitrogen and oxygen atoms in total. The van der Waals surface area contributed by atoms with E-state index in [-0.39, 0.29) is 5.54 Å². The minimum atomic E-state index is -0.876. The molecule has 0 unspecified atom stereocenters. The van der Waals surface area contributed by atoms with Gasteiger partial charge in [-0.15, -0.1) is 0 Å². The van der Waals surface area contributed by atoms with Crippen molar-refractivity contribution in [3.05, 3.63) is 0 Å². The van der Waals surface area contributed by atoms with Crippen molar-refractivity contribution >= 4 is 6.09 Å². The first-order valence-corrected chi connectivity index (χ1v) is 4.70. The van der Waals surface area contributed by atoms with Gasteiger partial charge in [-0.1, -0.05) is 26.2 Å². The SMILES string of the molecule is CCC1(NC(=O)O)CCCCC1. The van der Waals surface area contributed by atoms with Crippen LogP contribution in [0.15, 0.2) is 0 Å². The highest BCUT2D eigenvalue weighted by Crippen LogP contribution is 2.30. The maximum atomic E-state index is 10.5. The molecule has 1 saturated carbocycles. The predicted octanol–water partition coefficient (Wildman–Crippen LogP) is 2.37. The molecule has 0 saturated heterocycles. The number of rotatable bonds is 2. The van der Waals surface area contributed by atoms with Crippen LogP contribution in [0.25, 0.3) is 0 Å². The molecule has 1 fully saturated rings. The molecule has 0 atom stereocenters. The summed E-state index contributed by atoms with van der Waals surface area (Å²) in [5, 5.41) is 11.3. The van der Waals surface area contributed by atoms with Gasteiger partial charge in [0.25, 0.3) is 0 Å². The first-order chi connectivity index (χ1) is 5.68. The predicted molar refractivity (Wildman–Crippen MR) is 47.3 cm³/mol. The van der Waals surface area contributed by atoms with E-state index >= 15 is 0 Å². The monoisotopic (exact) mass is 171 g/mol. The number of amides is 1. The molecular formula is C9H17NO2. The number of carboxylic acid groups (broad SMARTS) is 1. The largest absolute Gasteiger partial charge is 0.465 e. The van der Waals surface area contributed by atoms with Gasteiger partial charge in [0, 0.05) is 5.54 Å². The Morgan fingerprint density at radius 3 is 2.42 bits per heavy atom. The van der Waals surface area contributed by atoms with Crippen LogP contribution in [0.2, 0.25) is 0 Å². The van der Waals surface area contributed by atoms with Crippen LogP contribution >= 0.6 is 0 Å². The fourth-order valence-corrected chi connectivity index (χ4v) is 2.02. The Balaban J connectivity index is 2.53. The average Bonchev–Trinajstić information content (AvgIpc) is 2.05. The third-order valence-corrected chi connectivity index (χ3v) is 2.86. The quantitative estimate of drug-likeness (QED) is 0.670. The zero-order valence-electron chi connectivity index (χ0n) is 7.60. The zero-order valence-corrected chi connectivity index (χ0v) is 7.60. The number of nitrogens with one attached hydrogen (secondary N) is 1. The fraction of sp³-hybridized carbons (Fsp3) is 0.889.